The van der Waals surface area contributed by atoms with Crippen molar-refractivity contribution in [2.45, 2.75) is 51.2 Å². The molecule has 0 spiro atoms. The average molecular weight is 212 g/mol. The largest absolute Gasteiger partial charge is 0.396 e. The lowest BCUT2D eigenvalue weighted by Gasteiger charge is -2.20. The van der Waals surface area contributed by atoms with Gasteiger partial charge in [-0.15, -0.1) is 0 Å². The van der Waals surface area contributed by atoms with Gasteiger partial charge < -0.3 is 10.4 Å². The number of hydrogen-bond acceptors (Lipinski definition) is 3. The Bertz CT molecular complexity index is 206. The highest BCUT2D eigenvalue weighted by atomic mass is 16.3. The zero-order chi connectivity index (χ0) is 10.8. The van der Waals surface area contributed by atoms with Crippen molar-refractivity contribution in [3.63, 3.8) is 0 Å². The van der Waals surface area contributed by atoms with E-state index < -0.39 is 0 Å². The van der Waals surface area contributed by atoms with E-state index in [0.717, 1.165) is 18.6 Å². The molecule has 3 heteroatoms. The number of nitrogens with one attached hydrogen (secondary N) is 1. The first-order chi connectivity index (χ1) is 7.20. The maximum absolute atomic E-state index is 8.96. The van der Waals surface area contributed by atoms with Crippen LogP contribution in [0.2, 0.25) is 0 Å². The minimum Gasteiger partial charge on any atom is -0.396 e. The van der Waals surface area contributed by atoms with Crippen molar-refractivity contribution in [2.24, 2.45) is 5.92 Å². The molecule has 1 saturated carbocycles. The molecule has 0 aromatic rings. The Kier molecular flexibility index (Phi) is 3.65. The summed E-state index contributed by atoms with van der Waals surface area (Å²) < 4.78 is 0. The van der Waals surface area contributed by atoms with Crippen LogP contribution < -0.4 is 5.32 Å². The van der Waals surface area contributed by atoms with Gasteiger partial charge in [0.2, 0.25) is 0 Å². The molecule has 15 heavy (non-hydrogen) atoms. The zero-order valence-electron chi connectivity index (χ0n) is 9.95. The first-order valence-electron chi connectivity index (χ1n) is 6.30. The van der Waals surface area contributed by atoms with Gasteiger partial charge in [-0.1, -0.05) is 6.92 Å². The molecule has 0 bridgehead atoms. The van der Waals surface area contributed by atoms with E-state index in [9.17, 15) is 0 Å². The van der Waals surface area contributed by atoms with Crippen LogP contribution in [0.25, 0.3) is 0 Å². The molecular weight excluding hydrogens is 188 g/mol. The summed E-state index contributed by atoms with van der Waals surface area (Å²) in [5.41, 5.74) is 0. The Labute approximate surface area is 92.8 Å². The van der Waals surface area contributed by atoms with Crippen LogP contribution >= 0.6 is 0 Å². The highest BCUT2D eigenvalue weighted by Crippen LogP contribution is 2.33. The fourth-order valence-corrected chi connectivity index (χ4v) is 2.55. The SMILES string of the molecule is CC(CO)CNC1CC(C)N(C2CC2)C1. The molecule has 0 amide bonds. The first-order valence-corrected chi connectivity index (χ1v) is 6.30. The van der Waals surface area contributed by atoms with Gasteiger partial charge in [0.15, 0.2) is 0 Å². The minimum atomic E-state index is 0.293. The quantitative estimate of drug-likeness (QED) is 0.708. The van der Waals surface area contributed by atoms with Crippen LogP contribution in [0.3, 0.4) is 0 Å². The van der Waals surface area contributed by atoms with Gasteiger partial charge in [0.1, 0.15) is 0 Å². The van der Waals surface area contributed by atoms with Crippen LogP contribution in [0, 0.1) is 5.92 Å². The molecule has 1 heterocycles. The van der Waals surface area contributed by atoms with Gasteiger partial charge in [-0.3, -0.25) is 4.90 Å². The van der Waals surface area contributed by atoms with Gasteiger partial charge >= 0.3 is 0 Å². The molecule has 1 aliphatic heterocycles. The summed E-state index contributed by atoms with van der Waals surface area (Å²) >= 11 is 0. The molecule has 2 rings (SSSR count). The van der Waals surface area contributed by atoms with Crippen molar-refractivity contribution in [1.29, 1.82) is 0 Å². The van der Waals surface area contributed by atoms with E-state index in [1.54, 1.807) is 0 Å². The predicted molar refractivity (Wildman–Crippen MR) is 61.8 cm³/mol. The van der Waals surface area contributed by atoms with Gasteiger partial charge in [0, 0.05) is 37.8 Å². The molecule has 88 valence electrons. The Morgan fingerprint density at radius 1 is 1.47 bits per heavy atom. The molecule has 2 N–H and O–H groups in total. The molecule has 3 nitrogen and oxygen atoms in total. The number of rotatable bonds is 5. The first kappa shape index (κ1) is 11.4. The number of nitrogens with zero attached hydrogens (tertiary/aromatic N) is 1. The van der Waals surface area contributed by atoms with Crippen LogP contribution in [0.4, 0.5) is 0 Å². The Hall–Kier alpha value is -0.120. The Balaban J connectivity index is 1.71. The molecule has 0 aromatic heterocycles. The second-order valence-corrected chi connectivity index (χ2v) is 5.41. The maximum atomic E-state index is 8.96. The van der Waals surface area contributed by atoms with Crippen LogP contribution in [0.5, 0.6) is 0 Å². The van der Waals surface area contributed by atoms with Gasteiger partial charge in [0.25, 0.3) is 0 Å². The lowest BCUT2D eigenvalue weighted by molar-refractivity contribution is 0.227. The van der Waals surface area contributed by atoms with Crippen LogP contribution in [0.15, 0.2) is 0 Å². The van der Waals surface area contributed by atoms with E-state index >= 15 is 0 Å². The van der Waals surface area contributed by atoms with Crippen LogP contribution in [0.1, 0.15) is 33.1 Å². The minimum absolute atomic E-state index is 0.293. The lowest BCUT2D eigenvalue weighted by Crippen LogP contribution is -2.36. The summed E-state index contributed by atoms with van der Waals surface area (Å²) in [4.78, 5) is 2.65. The zero-order valence-corrected chi connectivity index (χ0v) is 9.95. The third-order valence-corrected chi connectivity index (χ3v) is 3.71. The molecule has 2 aliphatic rings. The van der Waals surface area contributed by atoms with E-state index in [2.05, 4.69) is 24.1 Å². The highest BCUT2D eigenvalue weighted by molar-refractivity contribution is 4.95. The monoisotopic (exact) mass is 212 g/mol. The van der Waals surface area contributed by atoms with E-state index in [-0.39, 0.29) is 0 Å². The third kappa shape index (κ3) is 2.92. The fraction of sp³-hybridized carbons (Fsp3) is 1.00. The Morgan fingerprint density at radius 3 is 2.80 bits per heavy atom. The van der Waals surface area contributed by atoms with Gasteiger partial charge in [-0.05, 0) is 32.1 Å². The number of aliphatic hydroxyl groups is 1. The normalized spacial score (nSPS) is 34.6. The van der Waals surface area contributed by atoms with Crippen molar-refractivity contribution in [3.05, 3.63) is 0 Å². The number of likely N-dealkylation sites (tertiary alicyclic amines) is 1. The summed E-state index contributed by atoms with van der Waals surface area (Å²) in [5, 5.41) is 12.5. The molecule has 3 unspecified atom stereocenters. The summed E-state index contributed by atoms with van der Waals surface area (Å²) in [7, 11) is 0. The van der Waals surface area contributed by atoms with Crippen molar-refractivity contribution in [1.82, 2.24) is 10.2 Å². The molecular formula is C12H24N2O. The number of hydrogen-bond donors (Lipinski definition) is 2. The van der Waals surface area contributed by atoms with E-state index in [0.29, 0.717) is 18.6 Å². The summed E-state index contributed by atoms with van der Waals surface area (Å²) in [5.74, 6) is 0.385. The Morgan fingerprint density at radius 2 is 2.20 bits per heavy atom. The van der Waals surface area contributed by atoms with Gasteiger partial charge in [-0.2, -0.15) is 0 Å². The van der Waals surface area contributed by atoms with Crippen LogP contribution in [-0.4, -0.2) is 47.8 Å². The number of aliphatic hydroxyl groups excluding tert-OH is 1. The summed E-state index contributed by atoms with van der Waals surface area (Å²) in [6.45, 7) is 6.89. The van der Waals surface area contributed by atoms with Crippen molar-refractivity contribution in [3.8, 4) is 0 Å². The standard InChI is InChI=1S/C12H24N2O/c1-9(8-15)6-13-11-5-10(2)14(7-11)12-3-4-12/h9-13,15H,3-8H2,1-2H3. The third-order valence-electron chi connectivity index (χ3n) is 3.71. The van der Waals surface area contributed by atoms with Crippen molar-refractivity contribution >= 4 is 0 Å². The molecule has 2 fully saturated rings. The van der Waals surface area contributed by atoms with Gasteiger partial charge in [0.05, 0.1) is 0 Å². The topological polar surface area (TPSA) is 35.5 Å². The van der Waals surface area contributed by atoms with E-state index in [4.69, 9.17) is 5.11 Å². The second kappa shape index (κ2) is 4.81. The van der Waals surface area contributed by atoms with Gasteiger partial charge in [-0.25, -0.2) is 0 Å². The van der Waals surface area contributed by atoms with Crippen LogP contribution in [-0.2, 0) is 0 Å². The van der Waals surface area contributed by atoms with Crippen molar-refractivity contribution < 1.29 is 5.11 Å². The van der Waals surface area contributed by atoms with E-state index in [1.165, 1.54) is 25.8 Å². The smallest absolute Gasteiger partial charge is 0.0468 e. The predicted octanol–water partition coefficient (Wildman–Crippen LogP) is 0.830. The highest BCUT2D eigenvalue weighted by Gasteiger charge is 2.38. The van der Waals surface area contributed by atoms with E-state index in [1.807, 2.05) is 0 Å². The fourth-order valence-electron chi connectivity index (χ4n) is 2.55. The molecule has 0 aromatic carbocycles. The summed E-state index contributed by atoms with van der Waals surface area (Å²) in [6.07, 6.45) is 4.09. The maximum Gasteiger partial charge on any atom is 0.0468 e. The second-order valence-electron chi connectivity index (χ2n) is 5.41. The van der Waals surface area contributed by atoms with Crippen molar-refractivity contribution in [2.75, 3.05) is 19.7 Å². The lowest BCUT2D eigenvalue weighted by atomic mass is 10.1. The molecule has 0 radical (unpaired) electrons. The molecule has 1 aliphatic carbocycles. The average Bonchev–Trinajstić information content (AvgIpc) is 3.00. The molecule has 3 atom stereocenters. The molecule has 1 saturated heterocycles. The summed E-state index contributed by atoms with van der Waals surface area (Å²) in [6, 6.07) is 2.29.